The van der Waals surface area contributed by atoms with Gasteiger partial charge in [-0.05, 0) is 25.1 Å². The lowest BCUT2D eigenvalue weighted by Gasteiger charge is -2.36. The largest absolute Gasteiger partial charge is 0.411 e. The molecule has 0 spiro atoms. The molecule has 0 radical (unpaired) electrons. The molecule has 2 aromatic rings. The Morgan fingerprint density at radius 1 is 1.25 bits per heavy atom. The molecule has 0 N–H and O–H groups in total. The molecule has 0 amide bonds. The Labute approximate surface area is 126 Å². The molecular weight excluding hydrogens is 290 g/mol. The van der Waals surface area contributed by atoms with Gasteiger partial charge in [0.05, 0.1) is 12.3 Å². The van der Waals surface area contributed by atoms with Gasteiger partial charge in [0, 0.05) is 12.4 Å². The number of aromatic nitrogens is 3. The average Bonchev–Trinajstić information content (AvgIpc) is 2.64. The molecule has 0 saturated heterocycles. The second kappa shape index (κ2) is 5.13. The zero-order chi connectivity index (χ0) is 15.1. The van der Waals surface area contributed by atoms with Crippen molar-refractivity contribution in [3.63, 3.8) is 0 Å². The summed E-state index contributed by atoms with van der Waals surface area (Å²) < 4.78 is 8.13. The molecule has 0 bridgehead atoms. The van der Waals surface area contributed by atoms with Crippen molar-refractivity contribution < 1.29 is 4.43 Å². The van der Waals surface area contributed by atoms with Gasteiger partial charge in [-0.25, -0.2) is 9.97 Å². The third-order valence-electron chi connectivity index (χ3n) is 3.97. The Morgan fingerprint density at radius 3 is 2.50 bits per heavy atom. The molecule has 0 aliphatic rings. The van der Waals surface area contributed by atoms with Crippen molar-refractivity contribution in [1.29, 1.82) is 0 Å². The van der Waals surface area contributed by atoms with Crippen LogP contribution in [0.25, 0.3) is 5.65 Å². The fourth-order valence-corrected chi connectivity index (χ4v) is 2.85. The van der Waals surface area contributed by atoms with E-state index in [4.69, 9.17) is 16.0 Å². The van der Waals surface area contributed by atoms with Gasteiger partial charge >= 0.3 is 0 Å². The normalized spacial score (nSPS) is 13.2. The predicted molar refractivity (Wildman–Crippen MR) is 84.7 cm³/mol. The molecule has 0 aliphatic carbocycles. The summed E-state index contributed by atoms with van der Waals surface area (Å²) in [5.41, 5.74) is 2.57. The molecule has 2 heterocycles. The van der Waals surface area contributed by atoms with Crippen molar-refractivity contribution in [3.8, 4) is 0 Å². The molecule has 0 unspecified atom stereocenters. The van der Waals surface area contributed by atoms with Gasteiger partial charge in [0.1, 0.15) is 10.8 Å². The van der Waals surface area contributed by atoms with Gasteiger partial charge in [-0.3, -0.25) is 0 Å². The first-order valence-corrected chi connectivity index (χ1v) is 10.0. The lowest BCUT2D eigenvalue weighted by Crippen LogP contribution is -2.40. The summed E-state index contributed by atoms with van der Waals surface area (Å²) in [5.74, 6) is 0. The highest BCUT2D eigenvalue weighted by atomic mass is 35.5. The smallest absolute Gasteiger partial charge is 0.192 e. The first-order chi connectivity index (χ1) is 9.10. The number of imidazole rings is 1. The van der Waals surface area contributed by atoms with Gasteiger partial charge in [0.15, 0.2) is 14.0 Å². The molecule has 2 rings (SSSR count). The number of nitrogens with zero attached hydrogens (tertiary/aromatic N) is 3. The summed E-state index contributed by atoms with van der Waals surface area (Å²) in [4.78, 5) is 8.87. The molecule has 0 aromatic carbocycles. The number of hydrogen-bond donors (Lipinski definition) is 0. The van der Waals surface area contributed by atoms with Crippen molar-refractivity contribution in [2.24, 2.45) is 0 Å². The Hall–Kier alpha value is -0.913. The first kappa shape index (κ1) is 15.5. The van der Waals surface area contributed by atoms with Gasteiger partial charge in [0.2, 0.25) is 0 Å². The molecule has 4 nitrogen and oxygen atoms in total. The third kappa shape index (κ3) is 3.05. The van der Waals surface area contributed by atoms with E-state index in [1.807, 2.05) is 17.5 Å². The van der Waals surface area contributed by atoms with Gasteiger partial charge in [-0.15, -0.1) is 0 Å². The van der Waals surface area contributed by atoms with Crippen LogP contribution in [0.2, 0.25) is 23.3 Å². The molecule has 6 heteroatoms. The first-order valence-electron chi connectivity index (χ1n) is 6.75. The summed E-state index contributed by atoms with van der Waals surface area (Å²) in [6.45, 7) is 13.5. The van der Waals surface area contributed by atoms with Crippen molar-refractivity contribution >= 4 is 25.6 Å². The third-order valence-corrected chi connectivity index (χ3v) is 8.63. The molecule has 20 heavy (non-hydrogen) atoms. The number of fused-ring (bicyclic) bond motifs is 1. The van der Waals surface area contributed by atoms with E-state index < -0.39 is 8.32 Å². The van der Waals surface area contributed by atoms with E-state index in [1.165, 1.54) is 0 Å². The van der Waals surface area contributed by atoms with Crippen molar-refractivity contribution in [1.82, 2.24) is 14.4 Å². The summed E-state index contributed by atoms with van der Waals surface area (Å²) in [6, 6.07) is 0. The molecule has 0 saturated carbocycles. The van der Waals surface area contributed by atoms with E-state index in [1.54, 1.807) is 6.20 Å². The second-order valence-electron chi connectivity index (χ2n) is 6.67. The molecule has 2 aromatic heterocycles. The Kier molecular flexibility index (Phi) is 3.97. The minimum atomic E-state index is -1.81. The molecule has 0 aliphatic heterocycles. The highest BCUT2D eigenvalue weighted by Gasteiger charge is 2.37. The van der Waals surface area contributed by atoms with Crippen LogP contribution >= 0.6 is 11.6 Å². The second-order valence-corrected chi connectivity index (χ2v) is 11.9. The Balaban J connectivity index is 2.30. The molecular formula is C14H22ClN3OSi. The van der Waals surface area contributed by atoms with E-state index in [-0.39, 0.29) is 5.04 Å². The van der Waals surface area contributed by atoms with Crippen LogP contribution in [0.3, 0.4) is 0 Å². The maximum absolute atomic E-state index is 6.22. The van der Waals surface area contributed by atoms with Gasteiger partial charge in [-0.2, -0.15) is 0 Å². The summed E-state index contributed by atoms with van der Waals surface area (Å²) in [7, 11) is -1.81. The van der Waals surface area contributed by atoms with Crippen LogP contribution in [0.1, 0.15) is 32.2 Å². The van der Waals surface area contributed by atoms with E-state index >= 15 is 0 Å². The minimum absolute atomic E-state index is 0.174. The average molecular weight is 312 g/mol. The van der Waals surface area contributed by atoms with Crippen LogP contribution in [-0.2, 0) is 11.0 Å². The standard InChI is InChI=1S/C14H22ClN3OSi/c1-10-7-18-8-12(15)17-11(13(18)16-10)9-19-20(5,6)14(2,3)4/h7-8H,9H2,1-6H3. The Morgan fingerprint density at radius 2 is 1.90 bits per heavy atom. The van der Waals surface area contributed by atoms with Crippen molar-refractivity contribution in [2.75, 3.05) is 0 Å². The van der Waals surface area contributed by atoms with Gasteiger partial charge in [-0.1, -0.05) is 32.4 Å². The van der Waals surface area contributed by atoms with E-state index in [0.717, 1.165) is 17.0 Å². The fourth-order valence-electron chi connectivity index (χ4n) is 1.71. The number of rotatable bonds is 3. The Bertz CT molecular complexity index is 631. The quantitative estimate of drug-likeness (QED) is 0.797. The van der Waals surface area contributed by atoms with Gasteiger partial charge in [0.25, 0.3) is 0 Å². The number of hydrogen-bond acceptors (Lipinski definition) is 3. The SMILES string of the molecule is Cc1cn2cc(Cl)nc(CO[Si](C)(C)C(C)(C)C)c2n1. The lowest BCUT2D eigenvalue weighted by molar-refractivity contribution is 0.273. The van der Waals surface area contributed by atoms with Crippen LogP contribution < -0.4 is 0 Å². The lowest BCUT2D eigenvalue weighted by atomic mass is 10.2. The molecule has 110 valence electrons. The van der Waals surface area contributed by atoms with Crippen molar-refractivity contribution in [2.45, 2.75) is 52.4 Å². The summed E-state index contributed by atoms with van der Waals surface area (Å²) in [5, 5.41) is 0.636. The van der Waals surface area contributed by atoms with Gasteiger partial charge < -0.3 is 8.83 Å². The topological polar surface area (TPSA) is 39.4 Å². The van der Waals surface area contributed by atoms with Crippen LogP contribution in [0.15, 0.2) is 12.4 Å². The van der Waals surface area contributed by atoms with Crippen molar-refractivity contribution in [3.05, 3.63) is 28.9 Å². The molecule has 0 fully saturated rings. The maximum atomic E-state index is 6.22. The zero-order valence-electron chi connectivity index (χ0n) is 13.0. The van der Waals surface area contributed by atoms with Crippen LogP contribution in [0.5, 0.6) is 0 Å². The maximum Gasteiger partial charge on any atom is 0.192 e. The minimum Gasteiger partial charge on any atom is -0.411 e. The predicted octanol–water partition coefficient (Wildman–Crippen LogP) is 4.21. The van der Waals surface area contributed by atoms with E-state index in [2.05, 4.69) is 43.8 Å². The molecule has 0 atom stereocenters. The van der Waals surface area contributed by atoms with E-state index in [9.17, 15) is 0 Å². The fraction of sp³-hybridized carbons (Fsp3) is 0.571. The number of aryl methyl sites for hydroxylation is 1. The van der Waals surface area contributed by atoms with Crippen LogP contribution in [0, 0.1) is 6.92 Å². The monoisotopic (exact) mass is 311 g/mol. The zero-order valence-corrected chi connectivity index (χ0v) is 14.7. The number of halogens is 1. The summed E-state index contributed by atoms with van der Waals surface area (Å²) >= 11 is 6.07. The summed E-state index contributed by atoms with van der Waals surface area (Å²) in [6.07, 6.45) is 3.71. The van der Waals surface area contributed by atoms with E-state index in [0.29, 0.717) is 11.8 Å². The van der Waals surface area contributed by atoms with Crippen LogP contribution in [0.4, 0.5) is 0 Å². The van der Waals surface area contributed by atoms with Crippen LogP contribution in [-0.4, -0.2) is 22.7 Å². The highest BCUT2D eigenvalue weighted by Crippen LogP contribution is 2.37. The highest BCUT2D eigenvalue weighted by molar-refractivity contribution is 6.74.